The molecule has 17 heavy (non-hydrogen) atoms. The second kappa shape index (κ2) is 15.0. The predicted octanol–water partition coefficient (Wildman–Crippen LogP) is -4.86. The first-order valence-electron chi connectivity index (χ1n) is 5.22. The predicted molar refractivity (Wildman–Crippen MR) is 57.6 cm³/mol. The Balaban J connectivity index is -0.000000163. The van der Waals surface area contributed by atoms with Crippen LogP contribution in [0.1, 0.15) is 41.9 Å². The molecule has 0 bridgehead atoms. The number of ether oxygens (including phenoxy) is 1. The summed E-state index contributed by atoms with van der Waals surface area (Å²) in [5, 5.41) is 8.46. The first-order valence-corrected chi connectivity index (χ1v) is 5.22. The molecular weight excluding hydrogens is 244 g/mol. The molecule has 0 rings (SSSR count). The number of rotatable bonds is 8. The average Bonchev–Trinajstić information content (AvgIpc) is 2.20. The number of carboxylic acids is 1. The minimum atomic E-state index is -1.09. The third-order valence-electron chi connectivity index (χ3n) is 1.99. The van der Waals surface area contributed by atoms with Crippen LogP contribution in [0, 0.1) is 0 Å². The Morgan fingerprint density at radius 3 is 2.41 bits per heavy atom. The molecule has 7 heteroatoms. The first kappa shape index (κ1) is 23.0. The van der Waals surface area contributed by atoms with Crippen molar-refractivity contribution >= 4 is 11.9 Å². The third kappa shape index (κ3) is 14.8. The quantitative estimate of drug-likeness (QED) is 0.261. The standard InChI is InChI=1S/C10H19NO4.2Na.2H/c1-2-3-4-7-15-9(12)6-5-8(11)10(13)14;;;;/h8H,2-7,11H2,1H3,(H,13,14);;;;/q;2*+1;2*-1/t8-;;;;/m0..../s1. The van der Waals surface area contributed by atoms with Gasteiger partial charge < -0.3 is 18.4 Å². The van der Waals surface area contributed by atoms with Crippen LogP contribution >= 0.6 is 0 Å². The molecule has 0 saturated carbocycles. The van der Waals surface area contributed by atoms with E-state index in [1.54, 1.807) is 0 Å². The van der Waals surface area contributed by atoms with Gasteiger partial charge in [-0.25, -0.2) is 0 Å². The van der Waals surface area contributed by atoms with Crippen LogP contribution in [0.2, 0.25) is 0 Å². The van der Waals surface area contributed by atoms with Crippen molar-refractivity contribution in [1.29, 1.82) is 0 Å². The van der Waals surface area contributed by atoms with Crippen LogP contribution in [0.25, 0.3) is 0 Å². The molecule has 5 nitrogen and oxygen atoms in total. The Kier molecular flexibility index (Phi) is 20.3. The molecule has 0 radical (unpaired) electrons. The molecule has 0 aromatic carbocycles. The molecular formula is C10H21NNa2O4. The number of hydrogen-bond acceptors (Lipinski definition) is 4. The van der Waals surface area contributed by atoms with Crippen molar-refractivity contribution in [3.63, 3.8) is 0 Å². The number of carbonyl (C=O) groups excluding carboxylic acids is 1. The second-order valence-corrected chi connectivity index (χ2v) is 3.41. The van der Waals surface area contributed by atoms with Crippen molar-refractivity contribution in [2.75, 3.05) is 6.61 Å². The Morgan fingerprint density at radius 2 is 1.94 bits per heavy atom. The van der Waals surface area contributed by atoms with E-state index < -0.39 is 12.0 Å². The zero-order valence-electron chi connectivity index (χ0n) is 13.1. The van der Waals surface area contributed by atoms with Gasteiger partial charge in [0.2, 0.25) is 0 Å². The van der Waals surface area contributed by atoms with Crippen molar-refractivity contribution in [3.8, 4) is 0 Å². The Bertz CT molecular complexity index is 224. The van der Waals surface area contributed by atoms with Gasteiger partial charge in [-0.1, -0.05) is 19.8 Å². The fourth-order valence-electron chi connectivity index (χ4n) is 1.01. The summed E-state index contributed by atoms with van der Waals surface area (Å²) >= 11 is 0. The van der Waals surface area contributed by atoms with Gasteiger partial charge in [-0.05, 0) is 12.8 Å². The summed E-state index contributed by atoms with van der Waals surface area (Å²) in [4.78, 5) is 21.4. The summed E-state index contributed by atoms with van der Waals surface area (Å²) in [6.45, 7) is 2.47. The maximum absolute atomic E-state index is 11.1. The summed E-state index contributed by atoms with van der Waals surface area (Å²) in [5.74, 6) is -1.46. The van der Waals surface area contributed by atoms with E-state index in [0.29, 0.717) is 6.61 Å². The van der Waals surface area contributed by atoms with Crippen LogP contribution < -0.4 is 64.8 Å². The number of carbonyl (C=O) groups is 2. The SMILES string of the molecule is CCCCCOC(=O)CC[C@H](N)C(=O)O.[H-].[H-].[Na+].[Na+]. The minimum absolute atomic E-state index is 0. The van der Waals surface area contributed by atoms with E-state index >= 15 is 0 Å². The van der Waals surface area contributed by atoms with Crippen LogP contribution in [-0.4, -0.2) is 29.7 Å². The van der Waals surface area contributed by atoms with Crippen molar-refractivity contribution in [1.82, 2.24) is 0 Å². The maximum atomic E-state index is 11.1. The topological polar surface area (TPSA) is 89.6 Å². The molecule has 0 aromatic rings. The molecule has 1 atom stereocenters. The molecule has 0 amide bonds. The number of aliphatic carboxylic acids is 1. The average molecular weight is 265 g/mol. The molecule has 0 saturated heterocycles. The fourth-order valence-corrected chi connectivity index (χ4v) is 1.01. The molecule has 0 fully saturated rings. The number of carboxylic acid groups (broad SMARTS) is 1. The summed E-state index contributed by atoms with van der Waals surface area (Å²) < 4.78 is 4.89. The normalized spacial score (nSPS) is 10.7. The number of hydrogen-bond donors (Lipinski definition) is 2. The van der Waals surface area contributed by atoms with Crippen molar-refractivity contribution < 1.29 is 81.4 Å². The Hall–Kier alpha value is 0.900. The molecule has 0 heterocycles. The largest absolute Gasteiger partial charge is 1.00 e. The number of nitrogens with two attached hydrogens (primary N) is 1. The van der Waals surface area contributed by atoms with Crippen LogP contribution in [0.4, 0.5) is 0 Å². The summed E-state index contributed by atoms with van der Waals surface area (Å²) in [6, 6.07) is -0.979. The van der Waals surface area contributed by atoms with E-state index in [0.717, 1.165) is 19.3 Å². The second-order valence-electron chi connectivity index (χ2n) is 3.41. The molecule has 3 N–H and O–H groups in total. The van der Waals surface area contributed by atoms with Crippen LogP contribution in [0.5, 0.6) is 0 Å². The number of unbranched alkanes of at least 4 members (excludes halogenated alkanes) is 2. The van der Waals surface area contributed by atoms with Gasteiger partial charge in [-0.15, -0.1) is 0 Å². The molecule has 0 aliphatic rings. The van der Waals surface area contributed by atoms with E-state index in [1.165, 1.54) is 0 Å². The van der Waals surface area contributed by atoms with Gasteiger partial charge >= 0.3 is 71.1 Å². The summed E-state index contributed by atoms with van der Waals surface area (Å²) in [7, 11) is 0. The van der Waals surface area contributed by atoms with E-state index in [9.17, 15) is 9.59 Å². The zero-order chi connectivity index (χ0) is 11.7. The van der Waals surface area contributed by atoms with Crippen LogP contribution in [0.3, 0.4) is 0 Å². The maximum Gasteiger partial charge on any atom is 1.00 e. The first-order chi connectivity index (χ1) is 7.07. The van der Waals surface area contributed by atoms with Crippen molar-refractivity contribution in [2.24, 2.45) is 5.73 Å². The minimum Gasteiger partial charge on any atom is -1.00 e. The van der Waals surface area contributed by atoms with E-state index in [1.807, 2.05) is 0 Å². The van der Waals surface area contributed by atoms with Crippen molar-refractivity contribution in [3.05, 3.63) is 0 Å². The zero-order valence-corrected chi connectivity index (χ0v) is 15.1. The van der Waals surface area contributed by atoms with Gasteiger partial charge in [0, 0.05) is 6.42 Å². The van der Waals surface area contributed by atoms with Gasteiger partial charge in [-0.2, -0.15) is 0 Å². The van der Waals surface area contributed by atoms with Crippen LogP contribution in [0.15, 0.2) is 0 Å². The molecule has 92 valence electrons. The molecule has 0 aliphatic carbocycles. The fraction of sp³-hybridized carbons (Fsp3) is 0.800. The monoisotopic (exact) mass is 265 g/mol. The van der Waals surface area contributed by atoms with Crippen LogP contribution in [-0.2, 0) is 14.3 Å². The number of esters is 1. The Labute approximate surface area is 149 Å². The van der Waals surface area contributed by atoms with Gasteiger partial charge in [0.1, 0.15) is 6.04 Å². The molecule has 0 aromatic heterocycles. The van der Waals surface area contributed by atoms with E-state index in [2.05, 4.69) is 6.92 Å². The van der Waals surface area contributed by atoms with Gasteiger partial charge in [-0.3, -0.25) is 9.59 Å². The Morgan fingerprint density at radius 1 is 1.35 bits per heavy atom. The molecule has 0 aliphatic heterocycles. The smallest absolute Gasteiger partial charge is 1.00 e. The summed E-state index contributed by atoms with van der Waals surface area (Å²) in [5.41, 5.74) is 5.23. The van der Waals surface area contributed by atoms with Gasteiger partial charge in [0.25, 0.3) is 0 Å². The summed E-state index contributed by atoms with van der Waals surface area (Å²) in [6.07, 6.45) is 3.15. The molecule has 0 unspecified atom stereocenters. The van der Waals surface area contributed by atoms with E-state index in [4.69, 9.17) is 15.6 Å². The van der Waals surface area contributed by atoms with Gasteiger partial charge in [0.15, 0.2) is 0 Å². The third-order valence-corrected chi connectivity index (χ3v) is 1.99. The van der Waals surface area contributed by atoms with Crippen molar-refractivity contribution in [2.45, 2.75) is 45.1 Å². The van der Waals surface area contributed by atoms with E-state index in [-0.39, 0.29) is 80.8 Å². The van der Waals surface area contributed by atoms with Gasteiger partial charge in [0.05, 0.1) is 6.61 Å². The molecule has 0 spiro atoms.